The highest BCUT2D eigenvalue weighted by atomic mass is 35.5. The number of halogens is 1. The highest BCUT2D eigenvalue weighted by molar-refractivity contribution is 7.89. The fraction of sp³-hybridized carbons (Fsp3) is 0.278. The standard InChI is InChI=1S/C18H18ClN3O5S/c1-12-15(4-2-5-16(12)22(24)25)20-18(23)17-6-3-11-21(17)28(26,27)14-9-7-13(19)8-10-14/h2,4-5,7-10,17H,3,6,11H2,1H3,(H,20,23). The molecule has 28 heavy (non-hydrogen) atoms. The molecule has 1 unspecified atom stereocenters. The molecule has 0 radical (unpaired) electrons. The van der Waals surface area contributed by atoms with E-state index in [1.54, 1.807) is 6.07 Å². The van der Waals surface area contributed by atoms with E-state index in [0.717, 1.165) is 4.31 Å². The highest BCUT2D eigenvalue weighted by Gasteiger charge is 2.39. The average molecular weight is 424 g/mol. The van der Waals surface area contributed by atoms with Crippen molar-refractivity contribution >= 4 is 38.9 Å². The van der Waals surface area contributed by atoms with Gasteiger partial charge in [-0.15, -0.1) is 0 Å². The first-order valence-corrected chi connectivity index (χ1v) is 10.4. The normalized spacial score (nSPS) is 17.4. The van der Waals surface area contributed by atoms with Crippen LogP contribution < -0.4 is 5.32 Å². The van der Waals surface area contributed by atoms with Crippen molar-refractivity contribution in [2.45, 2.75) is 30.7 Å². The van der Waals surface area contributed by atoms with Gasteiger partial charge in [0.25, 0.3) is 5.69 Å². The van der Waals surface area contributed by atoms with Crippen LogP contribution >= 0.6 is 11.6 Å². The number of nitrogens with one attached hydrogen (secondary N) is 1. The minimum atomic E-state index is -3.87. The SMILES string of the molecule is Cc1c(NC(=O)C2CCCN2S(=O)(=O)c2ccc(Cl)cc2)cccc1[N+](=O)[O-]. The van der Waals surface area contributed by atoms with Crippen LogP contribution in [0.4, 0.5) is 11.4 Å². The number of nitrogens with zero attached hydrogens (tertiary/aromatic N) is 2. The monoisotopic (exact) mass is 423 g/mol. The first kappa shape index (κ1) is 20.2. The van der Waals surface area contributed by atoms with Gasteiger partial charge < -0.3 is 5.32 Å². The maximum Gasteiger partial charge on any atom is 0.274 e. The van der Waals surface area contributed by atoms with E-state index in [4.69, 9.17) is 11.6 Å². The third-order valence-corrected chi connectivity index (χ3v) is 6.86. The van der Waals surface area contributed by atoms with Crippen LogP contribution in [0.5, 0.6) is 0 Å². The Balaban J connectivity index is 1.85. The minimum Gasteiger partial charge on any atom is -0.324 e. The molecule has 1 amide bonds. The zero-order chi connectivity index (χ0) is 20.5. The molecule has 0 aromatic heterocycles. The van der Waals surface area contributed by atoms with Crippen molar-refractivity contribution < 1.29 is 18.1 Å². The maximum absolute atomic E-state index is 12.9. The number of rotatable bonds is 5. The molecule has 8 nitrogen and oxygen atoms in total. The lowest BCUT2D eigenvalue weighted by molar-refractivity contribution is -0.385. The third-order valence-electron chi connectivity index (χ3n) is 4.69. The summed E-state index contributed by atoms with van der Waals surface area (Å²) in [4.78, 5) is 23.4. The van der Waals surface area contributed by atoms with Crippen molar-refractivity contribution in [2.75, 3.05) is 11.9 Å². The first-order chi connectivity index (χ1) is 13.2. The number of carbonyl (C=O) groups is 1. The predicted molar refractivity (Wildman–Crippen MR) is 105 cm³/mol. The van der Waals surface area contributed by atoms with Crippen LogP contribution in [-0.2, 0) is 14.8 Å². The van der Waals surface area contributed by atoms with E-state index in [0.29, 0.717) is 23.4 Å². The van der Waals surface area contributed by atoms with E-state index in [1.165, 1.54) is 43.3 Å². The van der Waals surface area contributed by atoms with Crippen molar-refractivity contribution in [3.05, 3.63) is 63.2 Å². The Morgan fingerprint density at radius 1 is 1.25 bits per heavy atom. The third kappa shape index (κ3) is 3.87. The molecule has 2 aromatic rings. The van der Waals surface area contributed by atoms with Crippen LogP contribution in [0.2, 0.25) is 5.02 Å². The smallest absolute Gasteiger partial charge is 0.274 e. The van der Waals surface area contributed by atoms with Gasteiger partial charge in [0.1, 0.15) is 6.04 Å². The molecule has 1 heterocycles. The molecule has 10 heteroatoms. The second-order valence-corrected chi connectivity index (χ2v) is 8.75. The maximum atomic E-state index is 12.9. The first-order valence-electron chi connectivity index (χ1n) is 8.54. The van der Waals surface area contributed by atoms with Gasteiger partial charge in [-0.2, -0.15) is 4.31 Å². The van der Waals surface area contributed by atoms with Gasteiger partial charge >= 0.3 is 0 Å². The van der Waals surface area contributed by atoms with E-state index in [2.05, 4.69) is 5.32 Å². The minimum absolute atomic E-state index is 0.0585. The molecular formula is C18H18ClN3O5S. The zero-order valence-corrected chi connectivity index (χ0v) is 16.5. The molecule has 0 bridgehead atoms. The summed E-state index contributed by atoms with van der Waals surface area (Å²) in [5.74, 6) is -0.515. The molecule has 1 saturated heterocycles. The number of benzene rings is 2. The molecule has 0 aliphatic carbocycles. The van der Waals surface area contributed by atoms with Gasteiger partial charge in [0.05, 0.1) is 21.1 Å². The molecular weight excluding hydrogens is 406 g/mol. The number of hydrogen-bond donors (Lipinski definition) is 1. The summed E-state index contributed by atoms with van der Waals surface area (Å²) in [7, 11) is -3.87. The predicted octanol–water partition coefficient (Wildman–Crippen LogP) is 3.35. The lowest BCUT2D eigenvalue weighted by Crippen LogP contribution is -2.43. The topological polar surface area (TPSA) is 110 Å². The van der Waals surface area contributed by atoms with Crippen molar-refractivity contribution in [1.82, 2.24) is 4.31 Å². The summed E-state index contributed by atoms with van der Waals surface area (Å²) >= 11 is 5.82. The average Bonchev–Trinajstić information content (AvgIpc) is 3.14. The second-order valence-electron chi connectivity index (χ2n) is 6.42. The van der Waals surface area contributed by atoms with E-state index < -0.39 is 26.9 Å². The van der Waals surface area contributed by atoms with E-state index >= 15 is 0 Å². The molecule has 2 aromatic carbocycles. The van der Waals surface area contributed by atoms with Gasteiger partial charge in [0, 0.05) is 17.6 Å². The largest absolute Gasteiger partial charge is 0.324 e. The fourth-order valence-electron chi connectivity index (χ4n) is 3.20. The number of nitro groups is 1. The Hall–Kier alpha value is -2.49. The van der Waals surface area contributed by atoms with E-state index in [1.807, 2.05) is 0 Å². The summed E-state index contributed by atoms with van der Waals surface area (Å²) in [6.07, 6.45) is 0.908. The number of hydrogen-bond acceptors (Lipinski definition) is 5. The molecule has 1 N–H and O–H groups in total. The Labute approximate surface area is 167 Å². The Bertz CT molecular complexity index is 1020. The van der Waals surface area contributed by atoms with Gasteiger partial charge in [0.2, 0.25) is 15.9 Å². The quantitative estimate of drug-likeness (QED) is 0.585. The molecule has 148 valence electrons. The lowest BCUT2D eigenvalue weighted by Gasteiger charge is -2.23. The Morgan fingerprint density at radius 3 is 2.57 bits per heavy atom. The Kier molecular flexibility index (Phi) is 5.69. The number of sulfonamides is 1. The molecule has 1 aliphatic heterocycles. The fourth-order valence-corrected chi connectivity index (χ4v) is 4.99. The van der Waals surface area contributed by atoms with Crippen LogP contribution in [0.3, 0.4) is 0 Å². The van der Waals surface area contributed by atoms with Gasteiger partial charge in [0.15, 0.2) is 0 Å². The number of carbonyl (C=O) groups excluding carboxylic acids is 1. The van der Waals surface area contributed by atoms with E-state index in [-0.39, 0.29) is 22.8 Å². The van der Waals surface area contributed by atoms with Gasteiger partial charge in [-0.3, -0.25) is 14.9 Å². The number of anilines is 1. The summed E-state index contributed by atoms with van der Waals surface area (Å²) in [5, 5.41) is 14.1. The van der Waals surface area contributed by atoms with Crippen molar-refractivity contribution in [1.29, 1.82) is 0 Å². The van der Waals surface area contributed by atoms with Crippen LogP contribution in [0, 0.1) is 17.0 Å². The second kappa shape index (κ2) is 7.86. The van der Waals surface area contributed by atoms with E-state index in [9.17, 15) is 23.3 Å². The summed E-state index contributed by atoms with van der Waals surface area (Å²) in [6, 6.07) is 9.23. The number of nitro benzene ring substituents is 1. The summed E-state index contributed by atoms with van der Waals surface area (Å²) in [6.45, 7) is 1.75. The van der Waals surface area contributed by atoms with Crippen LogP contribution in [-0.4, -0.2) is 36.1 Å². The van der Waals surface area contributed by atoms with Gasteiger partial charge in [-0.25, -0.2) is 8.42 Å². The number of amides is 1. The van der Waals surface area contributed by atoms with Gasteiger partial charge in [-0.1, -0.05) is 17.7 Å². The van der Waals surface area contributed by atoms with Crippen LogP contribution in [0.1, 0.15) is 18.4 Å². The molecule has 1 aliphatic rings. The van der Waals surface area contributed by atoms with Crippen LogP contribution in [0.15, 0.2) is 47.4 Å². The molecule has 0 spiro atoms. The van der Waals surface area contributed by atoms with Gasteiger partial charge in [-0.05, 0) is 50.1 Å². The zero-order valence-electron chi connectivity index (χ0n) is 15.0. The molecule has 1 atom stereocenters. The summed E-state index contributed by atoms with van der Waals surface area (Å²) < 4.78 is 27.0. The van der Waals surface area contributed by atoms with Crippen LogP contribution in [0.25, 0.3) is 0 Å². The molecule has 1 fully saturated rings. The van der Waals surface area contributed by atoms with Crippen molar-refractivity contribution in [2.24, 2.45) is 0 Å². The molecule has 3 rings (SSSR count). The van der Waals surface area contributed by atoms with Crippen molar-refractivity contribution in [3.63, 3.8) is 0 Å². The van der Waals surface area contributed by atoms with Crippen molar-refractivity contribution in [3.8, 4) is 0 Å². The lowest BCUT2D eigenvalue weighted by atomic mass is 10.1. The highest BCUT2D eigenvalue weighted by Crippen LogP contribution is 2.29. The Morgan fingerprint density at radius 2 is 1.93 bits per heavy atom. The molecule has 0 saturated carbocycles. The summed E-state index contributed by atoms with van der Waals surface area (Å²) in [5.41, 5.74) is 0.482.